The number of allylic oxidation sites excluding steroid dienone is 2. The van der Waals surface area contributed by atoms with Crippen LogP contribution in [0.15, 0.2) is 89.4 Å². The number of anilines is 2. The van der Waals surface area contributed by atoms with Gasteiger partial charge in [-0.05, 0) is 59.7 Å². The van der Waals surface area contributed by atoms with Crippen LogP contribution < -0.4 is 9.80 Å². The minimum absolute atomic E-state index is 0.165. The highest BCUT2D eigenvalue weighted by Gasteiger charge is 2.18. The minimum atomic E-state index is -0.267. The van der Waals surface area contributed by atoms with Crippen LogP contribution in [0.2, 0.25) is 0 Å². The molecule has 0 amide bonds. The van der Waals surface area contributed by atoms with Crippen LogP contribution in [-0.4, -0.2) is 42.9 Å². The molecule has 0 spiro atoms. The van der Waals surface area contributed by atoms with Gasteiger partial charge in [0.25, 0.3) is 0 Å². The molecular weight excluding hydrogens is 504 g/mol. The third kappa shape index (κ3) is 6.93. The van der Waals surface area contributed by atoms with E-state index in [2.05, 4.69) is 62.1 Å². The van der Waals surface area contributed by atoms with Gasteiger partial charge in [-0.2, -0.15) is 0 Å². The lowest BCUT2D eigenvalue weighted by Gasteiger charge is -2.37. The Labute approximate surface area is 214 Å². The van der Waals surface area contributed by atoms with Gasteiger partial charge in [0.2, 0.25) is 0 Å². The van der Waals surface area contributed by atoms with Crippen LogP contribution in [0, 0.1) is 0 Å². The molecule has 4 rings (SSSR count). The second-order valence-corrected chi connectivity index (χ2v) is 9.24. The molecule has 0 unspecified atom stereocenters. The molecular formula is C29H27BrN2O3. The van der Waals surface area contributed by atoms with E-state index >= 15 is 0 Å². The van der Waals surface area contributed by atoms with Crippen molar-refractivity contribution in [1.29, 1.82) is 0 Å². The van der Waals surface area contributed by atoms with E-state index in [1.165, 1.54) is 17.8 Å². The molecule has 3 aromatic rings. The van der Waals surface area contributed by atoms with Gasteiger partial charge in [-0.15, -0.1) is 0 Å². The van der Waals surface area contributed by atoms with Crippen molar-refractivity contribution in [3.63, 3.8) is 0 Å². The minimum Gasteiger partial charge on any atom is -0.508 e. The first kappa shape index (κ1) is 24.5. The van der Waals surface area contributed by atoms with E-state index < -0.39 is 0 Å². The third-order valence-corrected chi connectivity index (χ3v) is 6.59. The maximum atomic E-state index is 12.3. The van der Waals surface area contributed by atoms with Crippen molar-refractivity contribution < 1.29 is 14.7 Å². The average molecular weight is 531 g/mol. The maximum absolute atomic E-state index is 12.3. The smallest absolute Gasteiger partial charge is 0.163 e. The molecule has 0 atom stereocenters. The van der Waals surface area contributed by atoms with Gasteiger partial charge in [0.1, 0.15) is 5.75 Å². The Kier molecular flexibility index (Phi) is 8.16. The van der Waals surface area contributed by atoms with Crippen molar-refractivity contribution in [1.82, 2.24) is 0 Å². The number of ketones is 2. The predicted octanol–water partition coefficient (Wildman–Crippen LogP) is 5.74. The van der Waals surface area contributed by atoms with Crippen molar-refractivity contribution in [3.8, 4) is 5.75 Å². The molecule has 0 bridgehead atoms. The molecule has 1 fully saturated rings. The summed E-state index contributed by atoms with van der Waals surface area (Å²) in [6.07, 6.45) is 6.02. The zero-order chi connectivity index (χ0) is 24.6. The molecule has 6 heteroatoms. The number of nitrogens with zero attached hydrogens (tertiary/aromatic N) is 2. The summed E-state index contributed by atoms with van der Waals surface area (Å²) in [6, 6.07) is 23.1. The summed E-state index contributed by atoms with van der Waals surface area (Å²) in [5, 5.41) is 9.31. The summed E-state index contributed by atoms with van der Waals surface area (Å²) in [5.41, 5.74) is 4.07. The van der Waals surface area contributed by atoms with E-state index in [1.807, 2.05) is 12.1 Å². The molecule has 0 saturated carbocycles. The Bertz CT molecular complexity index is 1230. The van der Waals surface area contributed by atoms with Gasteiger partial charge in [0.15, 0.2) is 11.6 Å². The number of carbonyl (C=O) groups is 2. The summed E-state index contributed by atoms with van der Waals surface area (Å²) < 4.78 is 0.906. The van der Waals surface area contributed by atoms with E-state index in [9.17, 15) is 14.7 Å². The SMILES string of the molecule is O=C(C=Cc1ccc(O)cc1)CC(=O)C=Cc1ccc(N2CCN(c3ccccc3)CC2)cc1Br. The fourth-order valence-electron chi connectivity index (χ4n) is 3.96. The third-order valence-electron chi connectivity index (χ3n) is 5.90. The Morgan fingerprint density at radius 3 is 2.00 bits per heavy atom. The van der Waals surface area contributed by atoms with Crippen LogP contribution in [0.1, 0.15) is 17.5 Å². The first-order chi connectivity index (χ1) is 17.0. The maximum Gasteiger partial charge on any atom is 0.163 e. The van der Waals surface area contributed by atoms with Gasteiger partial charge in [0, 0.05) is 42.0 Å². The van der Waals surface area contributed by atoms with E-state index in [1.54, 1.807) is 36.4 Å². The van der Waals surface area contributed by atoms with Gasteiger partial charge >= 0.3 is 0 Å². The number of para-hydroxylation sites is 1. The topological polar surface area (TPSA) is 60.9 Å². The summed E-state index contributed by atoms with van der Waals surface area (Å²) in [6.45, 7) is 3.81. The highest BCUT2D eigenvalue weighted by molar-refractivity contribution is 9.10. The van der Waals surface area contributed by atoms with Crippen molar-refractivity contribution in [2.45, 2.75) is 6.42 Å². The highest BCUT2D eigenvalue weighted by Crippen LogP contribution is 2.27. The highest BCUT2D eigenvalue weighted by atomic mass is 79.9. The number of halogens is 1. The van der Waals surface area contributed by atoms with Gasteiger partial charge in [-0.3, -0.25) is 9.59 Å². The molecule has 178 valence electrons. The summed E-state index contributed by atoms with van der Waals surface area (Å²) in [7, 11) is 0. The molecule has 3 aromatic carbocycles. The molecule has 35 heavy (non-hydrogen) atoms. The number of hydrogen-bond acceptors (Lipinski definition) is 5. The van der Waals surface area contributed by atoms with Crippen LogP contribution in [0.25, 0.3) is 12.2 Å². The molecule has 1 N–H and O–H groups in total. The van der Waals surface area contributed by atoms with Crippen LogP contribution >= 0.6 is 15.9 Å². The number of rotatable bonds is 8. The normalized spacial score (nSPS) is 14.1. The van der Waals surface area contributed by atoms with Gasteiger partial charge < -0.3 is 14.9 Å². The largest absolute Gasteiger partial charge is 0.508 e. The van der Waals surface area contributed by atoms with E-state index in [4.69, 9.17) is 0 Å². The van der Waals surface area contributed by atoms with E-state index in [-0.39, 0.29) is 23.7 Å². The standard InChI is InChI=1S/C29H27BrN2O3/c30-29-20-25(32-18-16-31(17-19-32)24-4-2-1-3-5-24)11-9-23(29)10-15-28(35)21-27(34)14-8-22-6-12-26(33)13-7-22/h1-15,20,33H,16-19,21H2. The first-order valence-electron chi connectivity index (χ1n) is 11.5. The van der Waals surface area contributed by atoms with Crippen molar-refractivity contribution in [2.75, 3.05) is 36.0 Å². The number of phenolic OH excluding ortho intramolecular Hbond substituents is 1. The van der Waals surface area contributed by atoms with Crippen LogP contribution in [-0.2, 0) is 9.59 Å². The second-order valence-electron chi connectivity index (χ2n) is 8.38. The molecule has 1 heterocycles. The number of phenols is 1. The molecule has 0 radical (unpaired) electrons. The quantitative estimate of drug-likeness (QED) is 0.297. The number of benzene rings is 3. The number of aromatic hydroxyl groups is 1. The Morgan fingerprint density at radius 1 is 0.771 bits per heavy atom. The van der Waals surface area contributed by atoms with Gasteiger partial charge in [-0.25, -0.2) is 0 Å². The van der Waals surface area contributed by atoms with Crippen LogP contribution in [0.4, 0.5) is 11.4 Å². The second kappa shape index (κ2) is 11.7. The Balaban J connectivity index is 1.29. The molecule has 1 aliphatic heterocycles. The molecule has 5 nitrogen and oxygen atoms in total. The van der Waals surface area contributed by atoms with Crippen molar-refractivity contribution in [3.05, 3.63) is 101 Å². The molecule has 1 aliphatic rings. The fraction of sp³-hybridized carbons (Fsp3) is 0.172. The molecule has 0 aromatic heterocycles. The predicted molar refractivity (Wildman–Crippen MR) is 146 cm³/mol. The zero-order valence-electron chi connectivity index (χ0n) is 19.3. The van der Waals surface area contributed by atoms with Crippen LogP contribution in [0.5, 0.6) is 5.75 Å². The average Bonchev–Trinajstić information content (AvgIpc) is 2.88. The monoisotopic (exact) mass is 530 g/mol. The van der Waals surface area contributed by atoms with E-state index in [0.717, 1.165) is 47.5 Å². The van der Waals surface area contributed by atoms with Crippen molar-refractivity contribution >= 4 is 51.0 Å². The van der Waals surface area contributed by atoms with Crippen LogP contribution in [0.3, 0.4) is 0 Å². The Morgan fingerprint density at radius 2 is 1.37 bits per heavy atom. The lowest BCUT2D eigenvalue weighted by atomic mass is 10.1. The molecule has 0 aliphatic carbocycles. The number of carbonyl (C=O) groups excluding carboxylic acids is 2. The lowest BCUT2D eigenvalue weighted by Crippen LogP contribution is -2.46. The fourth-order valence-corrected chi connectivity index (χ4v) is 4.46. The number of piperazine rings is 1. The van der Waals surface area contributed by atoms with Gasteiger partial charge in [0.05, 0.1) is 6.42 Å². The number of hydrogen-bond donors (Lipinski definition) is 1. The molecule has 1 saturated heterocycles. The van der Waals surface area contributed by atoms with Gasteiger partial charge in [-0.1, -0.05) is 64.5 Å². The summed E-state index contributed by atoms with van der Waals surface area (Å²) in [4.78, 5) is 29.1. The Hall–Kier alpha value is -3.64. The lowest BCUT2D eigenvalue weighted by molar-refractivity contribution is -0.121. The summed E-state index contributed by atoms with van der Waals surface area (Å²) in [5.74, 6) is -0.353. The van der Waals surface area contributed by atoms with Crippen molar-refractivity contribution in [2.24, 2.45) is 0 Å². The van der Waals surface area contributed by atoms with E-state index in [0.29, 0.717) is 0 Å². The summed E-state index contributed by atoms with van der Waals surface area (Å²) >= 11 is 3.62. The first-order valence-corrected chi connectivity index (χ1v) is 12.3. The zero-order valence-corrected chi connectivity index (χ0v) is 20.9.